The molecule has 0 fully saturated rings. The van der Waals surface area contributed by atoms with Crippen molar-refractivity contribution < 1.29 is 15.3 Å². The van der Waals surface area contributed by atoms with Crippen LogP contribution in [0.5, 0.6) is 5.75 Å². The molecular weight excluding hydrogens is 192 g/mol. The summed E-state index contributed by atoms with van der Waals surface area (Å²) < 4.78 is 0. The number of hydrogen-bond acceptors (Lipinski definition) is 3. The minimum Gasteiger partial charge on any atom is -0.508 e. The van der Waals surface area contributed by atoms with Gasteiger partial charge in [-0.15, -0.1) is 0 Å². The van der Waals surface area contributed by atoms with E-state index >= 15 is 0 Å². The fourth-order valence-electron chi connectivity index (χ4n) is 1.71. The largest absolute Gasteiger partial charge is 0.508 e. The number of unbranched alkanes of at least 4 members (excludes halogenated alkanes) is 1. The average molecular weight is 210 g/mol. The number of benzene rings is 1. The van der Waals surface area contributed by atoms with Crippen molar-refractivity contribution in [3.63, 3.8) is 0 Å². The van der Waals surface area contributed by atoms with Gasteiger partial charge in [0.2, 0.25) is 0 Å². The van der Waals surface area contributed by atoms with Gasteiger partial charge in [-0.05, 0) is 35.6 Å². The molecule has 0 saturated heterocycles. The maximum Gasteiger partial charge on any atom is 0.119 e. The molecule has 1 aromatic carbocycles. The lowest BCUT2D eigenvalue weighted by molar-refractivity contribution is 0.258. The molecule has 15 heavy (non-hydrogen) atoms. The van der Waals surface area contributed by atoms with E-state index in [0.717, 1.165) is 24.8 Å². The lowest BCUT2D eigenvalue weighted by atomic mass is 9.97. The van der Waals surface area contributed by atoms with Crippen LogP contribution in [-0.2, 0) is 19.6 Å². The number of aromatic hydroxyl groups is 1. The Bertz CT molecular complexity index is 321. The number of aliphatic hydroxyl groups excluding tert-OH is 2. The number of phenols is 1. The predicted molar refractivity (Wildman–Crippen MR) is 58.6 cm³/mol. The van der Waals surface area contributed by atoms with E-state index in [1.165, 1.54) is 0 Å². The number of hydrogen-bond donors (Lipinski definition) is 3. The van der Waals surface area contributed by atoms with Crippen LogP contribution < -0.4 is 0 Å². The third-order valence-corrected chi connectivity index (χ3v) is 2.61. The highest BCUT2D eigenvalue weighted by Crippen LogP contribution is 2.26. The first-order valence-electron chi connectivity index (χ1n) is 5.28. The summed E-state index contributed by atoms with van der Waals surface area (Å²) >= 11 is 0. The third-order valence-electron chi connectivity index (χ3n) is 2.61. The lowest BCUT2D eigenvalue weighted by Crippen LogP contribution is -2.01. The number of rotatable bonds is 5. The highest BCUT2D eigenvalue weighted by atomic mass is 16.3. The maximum absolute atomic E-state index is 9.68. The fourth-order valence-corrected chi connectivity index (χ4v) is 1.71. The van der Waals surface area contributed by atoms with Crippen molar-refractivity contribution in [3.8, 4) is 5.75 Å². The van der Waals surface area contributed by atoms with Gasteiger partial charge in [-0.25, -0.2) is 0 Å². The Hall–Kier alpha value is -1.06. The van der Waals surface area contributed by atoms with Gasteiger partial charge in [-0.1, -0.05) is 19.4 Å². The molecule has 0 bridgehead atoms. The Labute approximate surface area is 90.0 Å². The summed E-state index contributed by atoms with van der Waals surface area (Å²) in [5.74, 6) is 0.213. The zero-order valence-electron chi connectivity index (χ0n) is 9.03. The Morgan fingerprint density at radius 1 is 1.07 bits per heavy atom. The van der Waals surface area contributed by atoms with Gasteiger partial charge in [0.15, 0.2) is 0 Å². The first kappa shape index (κ1) is 12.0. The minimum atomic E-state index is -0.136. The van der Waals surface area contributed by atoms with Crippen LogP contribution in [0.4, 0.5) is 0 Å². The van der Waals surface area contributed by atoms with Crippen LogP contribution >= 0.6 is 0 Å². The second-order valence-electron chi connectivity index (χ2n) is 3.62. The molecule has 0 heterocycles. The van der Waals surface area contributed by atoms with E-state index in [-0.39, 0.29) is 19.0 Å². The van der Waals surface area contributed by atoms with Crippen molar-refractivity contribution in [1.29, 1.82) is 0 Å². The van der Waals surface area contributed by atoms with Crippen LogP contribution in [0.2, 0.25) is 0 Å². The molecule has 0 aliphatic rings. The van der Waals surface area contributed by atoms with Crippen LogP contribution in [0.1, 0.15) is 36.5 Å². The van der Waals surface area contributed by atoms with Crippen molar-refractivity contribution in [1.82, 2.24) is 0 Å². The van der Waals surface area contributed by atoms with Crippen molar-refractivity contribution in [2.75, 3.05) is 0 Å². The zero-order chi connectivity index (χ0) is 11.3. The van der Waals surface area contributed by atoms with Gasteiger partial charge in [-0.2, -0.15) is 0 Å². The fraction of sp³-hybridized carbons (Fsp3) is 0.500. The molecule has 3 nitrogen and oxygen atoms in total. The molecular formula is C12H18O3. The Morgan fingerprint density at radius 3 is 2.33 bits per heavy atom. The van der Waals surface area contributed by atoms with Gasteiger partial charge < -0.3 is 15.3 Å². The predicted octanol–water partition coefficient (Wildman–Crippen LogP) is 1.72. The highest BCUT2D eigenvalue weighted by Gasteiger charge is 2.11. The van der Waals surface area contributed by atoms with Crippen molar-refractivity contribution >= 4 is 0 Å². The topological polar surface area (TPSA) is 60.7 Å². The summed E-state index contributed by atoms with van der Waals surface area (Å²) in [6, 6.07) is 3.23. The standard InChI is InChI=1S/C12H18O3/c1-2-3-4-10-11(8-14)9(7-13)5-6-12(10)15/h5-6,13-15H,2-4,7-8H2,1H3. The molecule has 0 aliphatic heterocycles. The number of aliphatic hydroxyl groups is 2. The molecule has 3 heteroatoms. The molecule has 0 atom stereocenters. The SMILES string of the molecule is CCCCc1c(O)ccc(CO)c1CO. The molecule has 0 aliphatic carbocycles. The smallest absolute Gasteiger partial charge is 0.119 e. The Morgan fingerprint density at radius 2 is 1.80 bits per heavy atom. The molecule has 0 spiro atoms. The summed E-state index contributed by atoms with van der Waals surface area (Å²) in [5.41, 5.74) is 2.14. The molecule has 0 radical (unpaired) electrons. The molecule has 84 valence electrons. The van der Waals surface area contributed by atoms with Crippen molar-refractivity contribution in [2.24, 2.45) is 0 Å². The lowest BCUT2D eigenvalue weighted by Gasteiger charge is -2.13. The molecule has 3 N–H and O–H groups in total. The summed E-state index contributed by atoms with van der Waals surface area (Å²) in [6.07, 6.45) is 2.75. The highest BCUT2D eigenvalue weighted by molar-refractivity contribution is 5.44. The van der Waals surface area contributed by atoms with Gasteiger partial charge >= 0.3 is 0 Å². The summed E-state index contributed by atoms with van der Waals surface area (Å²) in [6.45, 7) is 1.84. The third kappa shape index (κ3) is 2.70. The number of phenolic OH excluding ortho intramolecular Hbond substituents is 1. The van der Waals surface area contributed by atoms with E-state index in [9.17, 15) is 10.2 Å². The minimum absolute atomic E-state index is 0.102. The van der Waals surface area contributed by atoms with E-state index in [0.29, 0.717) is 11.1 Å². The van der Waals surface area contributed by atoms with Crippen LogP contribution in [0.15, 0.2) is 12.1 Å². The van der Waals surface area contributed by atoms with Crippen LogP contribution in [0.3, 0.4) is 0 Å². The van der Waals surface area contributed by atoms with Crippen LogP contribution in [0, 0.1) is 0 Å². The van der Waals surface area contributed by atoms with Crippen molar-refractivity contribution in [3.05, 3.63) is 28.8 Å². The molecule has 1 aromatic rings. The van der Waals surface area contributed by atoms with Crippen LogP contribution in [0.25, 0.3) is 0 Å². The molecule has 0 saturated carbocycles. The second kappa shape index (κ2) is 5.73. The first-order valence-corrected chi connectivity index (χ1v) is 5.28. The zero-order valence-corrected chi connectivity index (χ0v) is 9.03. The normalized spacial score (nSPS) is 10.6. The monoisotopic (exact) mass is 210 g/mol. The average Bonchev–Trinajstić information content (AvgIpc) is 2.27. The van der Waals surface area contributed by atoms with Crippen LogP contribution in [-0.4, -0.2) is 15.3 Å². The van der Waals surface area contributed by atoms with E-state index in [1.807, 2.05) is 0 Å². The van der Waals surface area contributed by atoms with E-state index in [2.05, 4.69) is 6.92 Å². The van der Waals surface area contributed by atoms with Gasteiger partial charge in [-0.3, -0.25) is 0 Å². The van der Waals surface area contributed by atoms with E-state index < -0.39 is 0 Å². The Kier molecular flexibility index (Phi) is 4.59. The molecule has 0 aromatic heterocycles. The second-order valence-corrected chi connectivity index (χ2v) is 3.62. The summed E-state index contributed by atoms with van der Waals surface area (Å²) in [4.78, 5) is 0. The van der Waals surface area contributed by atoms with Gasteiger partial charge in [0.1, 0.15) is 5.75 Å². The first-order chi connectivity index (χ1) is 7.24. The van der Waals surface area contributed by atoms with E-state index in [1.54, 1.807) is 12.1 Å². The quantitative estimate of drug-likeness (QED) is 0.693. The summed E-state index contributed by atoms with van der Waals surface area (Å²) in [5, 5.41) is 28.0. The molecule has 1 rings (SSSR count). The maximum atomic E-state index is 9.68. The van der Waals surface area contributed by atoms with Gasteiger partial charge in [0.25, 0.3) is 0 Å². The Balaban J connectivity index is 3.07. The van der Waals surface area contributed by atoms with Crippen molar-refractivity contribution in [2.45, 2.75) is 39.4 Å². The van der Waals surface area contributed by atoms with Gasteiger partial charge in [0, 0.05) is 0 Å². The molecule has 0 amide bonds. The summed E-state index contributed by atoms with van der Waals surface area (Å²) in [7, 11) is 0. The van der Waals surface area contributed by atoms with E-state index in [4.69, 9.17) is 5.11 Å². The molecule has 0 unspecified atom stereocenters. The van der Waals surface area contributed by atoms with Gasteiger partial charge in [0.05, 0.1) is 13.2 Å².